The first kappa shape index (κ1) is 32.6. The molecular formula is C35H44N6O5. The van der Waals surface area contributed by atoms with Gasteiger partial charge in [-0.15, -0.1) is 5.10 Å². The number of nitrogens with zero attached hydrogens (tertiary/aromatic N) is 5. The number of carbonyl (C=O) groups is 2. The number of nitrogens with one attached hydrogen (secondary N) is 1. The van der Waals surface area contributed by atoms with Crippen LogP contribution in [0.25, 0.3) is 16.8 Å². The van der Waals surface area contributed by atoms with E-state index in [2.05, 4.69) is 32.1 Å². The van der Waals surface area contributed by atoms with Crippen molar-refractivity contribution < 1.29 is 23.8 Å². The highest BCUT2D eigenvalue weighted by Crippen LogP contribution is 2.26. The second-order valence-electron chi connectivity index (χ2n) is 12.4. The third kappa shape index (κ3) is 8.89. The SMILES string of the molecule is COC(=O)CCCCCCOc1ccc(-c2ccc3cnc(Nc4ccc(N5CCN(C(=O)OC(C)(C)C)CC5)cc4)nn23)cc1. The summed E-state index contributed by atoms with van der Waals surface area (Å²) in [7, 11) is 1.42. The number of unbranched alkanes of at least 4 members (excludes halogenated alkanes) is 3. The normalized spacial score (nSPS) is 13.5. The van der Waals surface area contributed by atoms with Crippen LogP contribution in [0.3, 0.4) is 0 Å². The maximum absolute atomic E-state index is 12.4. The van der Waals surface area contributed by atoms with Crippen LogP contribution in [0.1, 0.15) is 52.9 Å². The van der Waals surface area contributed by atoms with Gasteiger partial charge < -0.3 is 29.3 Å². The Morgan fingerprint density at radius 1 is 0.870 bits per heavy atom. The molecule has 3 heterocycles. The lowest BCUT2D eigenvalue weighted by Crippen LogP contribution is -2.50. The Hall–Kier alpha value is -4.80. The standard InChI is InChI=1S/C35H44N6O5/c1-35(2,3)46-34(43)40-22-20-39(21-23-40)28-14-12-27(13-15-28)37-33-36-25-29-16-19-31(41(29)38-33)26-10-17-30(18-11-26)45-24-8-6-5-7-9-32(42)44-4/h10-19,25H,5-9,20-24H2,1-4H3,(H,37,38). The fraction of sp³-hybridized carbons (Fsp3) is 0.429. The van der Waals surface area contributed by atoms with Gasteiger partial charge in [-0.2, -0.15) is 0 Å². The molecule has 0 saturated carbocycles. The molecule has 0 spiro atoms. The fourth-order valence-corrected chi connectivity index (χ4v) is 5.27. The maximum Gasteiger partial charge on any atom is 0.410 e. The summed E-state index contributed by atoms with van der Waals surface area (Å²) in [4.78, 5) is 32.1. The van der Waals surface area contributed by atoms with Gasteiger partial charge in [-0.25, -0.2) is 14.3 Å². The highest BCUT2D eigenvalue weighted by Gasteiger charge is 2.26. The van der Waals surface area contributed by atoms with Gasteiger partial charge >= 0.3 is 12.1 Å². The van der Waals surface area contributed by atoms with Crippen molar-refractivity contribution in [2.45, 2.75) is 58.5 Å². The molecule has 2 aromatic heterocycles. The first-order valence-corrected chi connectivity index (χ1v) is 15.9. The number of fused-ring (bicyclic) bond motifs is 1. The quantitative estimate of drug-likeness (QED) is 0.135. The average molecular weight is 629 g/mol. The van der Waals surface area contributed by atoms with E-state index in [9.17, 15) is 9.59 Å². The molecule has 1 saturated heterocycles. The van der Waals surface area contributed by atoms with Gasteiger partial charge in [0.25, 0.3) is 0 Å². The number of methoxy groups -OCH3 is 1. The van der Waals surface area contributed by atoms with Gasteiger partial charge in [-0.05, 0) is 94.3 Å². The zero-order valence-corrected chi connectivity index (χ0v) is 27.2. The molecule has 0 radical (unpaired) electrons. The van der Waals surface area contributed by atoms with Crippen molar-refractivity contribution >= 4 is 34.9 Å². The number of hydrogen-bond donors (Lipinski definition) is 1. The molecule has 5 rings (SSSR count). The molecule has 1 fully saturated rings. The summed E-state index contributed by atoms with van der Waals surface area (Å²) in [6.45, 7) is 9.03. The molecule has 0 aliphatic carbocycles. The minimum absolute atomic E-state index is 0.151. The van der Waals surface area contributed by atoms with Gasteiger partial charge in [0.2, 0.25) is 5.95 Å². The van der Waals surface area contributed by atoms with Crippen LogP contribution in [0.4, 0.5) is 22.1 Å². The number of carbonyl (C=O) groups excluding carboxylic acids is 2. The zero-order valence-electron chi connectivity index (χ0n) is 27.2. The lowest BCUT2D eigenvalue weighted by atomic mass is 10.1. The Kier molecular flexibility index (Phi) is 10.6. The van der Waals surface area contributed by atoms with Crippen molar-refractivity contribution in [3.63, 3.8) is 0 Å². The van der Waals surface area contributed by atoms with Crippen LogP contribution in [0.2, 0.25) is 0 Å². The van der Waals surface area contributed by atoms with E-state index >= 15 is 0 Å². The van der Waals surface area contributed by atoms with Crippen LogP contribution >= 0.6 is 0 Å². The predicted octanol–water partition coefficient (Wildman–Crippen LogP) is 6.70. The first-order valence-electron chi connectivity index (χ1n) is 15.9. The van der Waals surface area contributed by atoms with Crippen LogP contribution in [0.15, 0.2) is 66.9 Å². The molecular weight excluding hydrogens is 584 g/mol. The number of anilines is 3. The van der Waals surface area contributed by atoms with Crippen molar-refractivity contribution in [3.8, 4) is 17.0 Å². The van der Waals surface area contributed by atoms with Crippen LogP contribution in [0.5, 0.6) is 5.75 Å². The Labute approximate surface area is 270 Å². The van der Waals surface area contributed by atoms with Crippen molar-refractivity contribution in [3.05, 3.63) is 66.9 Å². The molecule has 0 unspecified atom stereocenters. The highest BCUT2D eigenvalue weighted by molar-refractivity contribution is 5.70. The third-order valence-electron chi connectivity index (χ3n) is 7.74. The molecule has 0 atom stereocenters. The second kappa shape index (κ2) is 15.0. The van der Waals surface area contributed by atoms with E-state index in [0.29, 0.717) is 32.1 Å². The number of aromatic nitrogens is 3. The van der Waals surface area contributed by atoms with E-state index < -0.39 is 5.60 Å². The number of hydrogen-bond acceptors (Lipinski definition) is 9. The van der Waals surface area contributed by atoms with Gasteiger partial charge in [0.15, 0.2) is 0 Å². The molecule has 0 bridgehead atoms. The molecule has 1 aliphatic heterocycles. The third-order valence-corrected chi connectivity index (χ3v) is 7.74. The summed E-state index contributed by atoms with van der Waals surface area (Å²) >= 11 is 0. The van der Waals surface area contributed by atoms with Crippen LogP contribution in [-0.2, 0) is 14.3 Å². The van der Waals surface area contributed by atoms with Crippen LogP contribution in [-0.4, -0.2) is 77.1 Å². The Morgan fingerprint density at radius 2 is 1.59 bits per heavy atom. The summed E-state index contributed by atoms with van der Waals surface area (Å²) in [5.41, 5.74) is 4.37. The lowest BCUT2D eigenvalue weighted by Gasteiger charge is -2.36. The Morgan fingerprint density at radius 3 is 2.28 bits per heavy atom. The van der Waals surface area contributed by atoms with E-state index in [0.717, 1.165) is 72.7 Å². The topological polar surface area (TPSA) is 111 Å². The minimum Gasteiger partial charge on any atom is -0.494 e. The predicted molar refractivity (Wildman–Crippen MR) is 179 cm³/mol. The molecule has 2 aromatic carbocycles. The molecule has 46 heavy (non-hydrogen) atoms. The van der Waals surface area contributed by atoms with Crippen LogP contribution in [0, 0.1) is 0 Å². The summed E-state index contributed by atoms with van der Waals surface area (Å²) in [6, 6.07) is 20.2. The van der Waals surface area contributed by atoms with E-state index in [1.165, 1.54) is 7.11 Å². The largest absolute Gasteiger partial charge is 0.494 e. The Balaban J connectivity index is 1.13. The highest BCUT2D eigenvalue weighted by atomic mass is 16.6. The molecule has 11 heteroatoms. The number of amides is 1. The number of benzene rings is 2. The van der Waals surface area contributed by atoms with Gasteiger partial charge in [-0.1, -0.05) is 12.8 Å². The van der Waals surface area contributed by atoms with Gasteiger partial charge in [-0.3, -0.25) is 4.79 Å². The summed E-state index contributed by atoms with van der Waals surface area (Å²) < 4.78 is 18.0. The monoisotopic (exact) mass is 628 g/mol. The summed E-state index contributed by atoms with van der Waals surface area (Å²) in [5, 5.41) is 8.09. The molecule has 11 nitrogen and oxygen atoms in total. The number of esters is 1. The molecule has 1 aliphatic rings. The molecule has 1 N–H and O–H groups in total. The maximum atomic E-state index is 12.4. The van der Waals surface area contributed by atoms with Crippen molar-refractivity contribution in [1.82, 2.24) is 19.5 Å². The van der Waals surface area contributed by atoms with Gasteiger partial charge in [0, 0.05) is 49.5 Å². The average Bonchev–Trinajstić information content (AvgIpc) is 3.47. The van der Waals surface area contributed by atoms with Crippen LogP contribution < -0.4 is 15.0 Å². The Bertz CT molecular complexity index is 1590. The molecule has 1 amide bonds. The van der Waals surface area contributed by atoms with E-state index in [-0.39, 0.29) is 12.1 Å². The fourth-order valence-electron chi connectivity index (χ4n) is 5.27. The van der Waals surface area contributed by atoms with Crippen molar-refractivity contribution in [2.24, 2.45) is 0 Å². The van der Waals surface area contributed by atoms with E-state index in [1.54, 1.807) is 11.1 Å². The van der Waals surface area contributed by atoms with Crippen molar-refractivity contribution in [2.75, 3.05) is 50.1 Å². The lowest BCUT2D eigenvalue weighted by molar-refractivity contribution is -0.140. The molecule has 4 aromatic rings. The summed E-state index contributed by atoms with van der Waals surface area (Å²) in [6.07, 6.45) is 5.81. The molecule has 244 valence electrons. The van der Waals surface area contributed by atoms with E-state index in [4.69, 9.17) is 14.6 Å². The van der Waals surface area contributed by atoms with Crippen molar-refractivity contribution in [1.29, 1.82) is 0 Å². The van der Waals surface area contributed by atoms with E-state index in [1.807, 2.05) is 73.8 Å². The minimum atomic E-state index is -0.494. The number of ether oxygens (including phenoxy) is 3. The van der Waals surface area contributed by atoms with Gasteiger partial charge in [0.1, 0.15) is 11.4 Å². The number of rotatable bonds is 12. The first-order chi connectivity index (χ1) is 22.2. The summed E-state index contributed by atoms with van der Waals surface area (Å²) in [5.74, 6) is 1.17. The smallest absolute Gasteiger partial charge is 0.410 e. The number of piperazine rings is 1. The zero-order chi connectivity index (χ0) is 32.5. The van der Waals surface area contributed by atoms with Gasteiger partial charge in [0.05, 0.1) is 31.1 Å². The second-order valence-corrected chi connectivity index (χ2v) is 12.4.